The van der Waals surface area contributed by atoms with E-state index in [1.807, 2.05) is 7.05 Å². The molecule has 0 heterocycles. The van der Waals surface area contributed by atoms with Gasteiger partial charge < -0.3 is 11.1 Å². The van der Waals surface area contributed by atoms with Gasteiger partial charge in [0, 0.05) is 11.7 Å². The number of benzene rings is 1. The molecule has 19 heavy (non-hydrogen) atoms. The molecule has 0 aliphatic heterocycles. The number of anilines is 2. The summed E-state index contributed by atoms with van der Waals surface area (Å²) in [5.74, 6) is -0.0453. The second-order valence-corrected chi connectivity index (χ2v) is 5.08. The molecule has 0 radical (unpaired) electrons. The van der Waals surface area contributed by atoms with Gasteiger partial charge in [-0.15, -0.1) is 0 Å². The number of nitrogens with two attached hydrogens (primary N) is 1. The number of nitrogens with zero attached hydrogens (tertiary/aromatic N) is 1. The average molecular weight is 284 g/mol. The normalized spacial score (nSPS) is 11.1. The van der Waals surface area contributed by atoms with Gasteiger partial charge in [0.25, 0.3) is 0 Å². The number of carbonyl (C=O) groups excluding carboxylic acids is 1. The van der Waals surface area contributed by atoms with Crippen LogP contribution in [0.5, 0.6) is 0 Å². The fourth-order valence-electron chi connectivity index (χ4n) is 2.09. The van der Waals surface area contributed by atoms with Crippen LogP contribution in [-0.2, 0) is 4.79 Å². The zero-order valence-electron chi connectivity index (χ0n) is 11.7. The van der Waals surface area contributed by atoms with E-state index in [1.54, 1.807) is 18.2 Å². The predicted molar refractivity (Wildman–Crippen MR) is 81.5 cm³/mol. The lowest BCUT2D eigenvalue weighted by molar-refractivity contribution is -0.117. The first-order valence-corrected chi connectivity index (χ1v) is 6.90. The van der Waals surface area contributed by atoms with Crippen molar-refractivity contribution >= 4 is 28.9 Å². The Bertz CT molecular complexity index is 433. The number of likely N-dealkylation sites (N-methyl/N-ethyl adjacent to an activating group) is 1. The SMILES string of the molecule is CCC(CC)N(C)CC(=O)Nc1ccc(Cl)c(N)c1. The zero-order chi connectivity index (χ0) is 14.4. The number of nitrogen functional groups attached to an aromatic ring is 1. The van der Waals surface area contributed by atoms with Crippen molar-refractivity contribution in [2.24, 2.45) is 0 Å². The third-order valence-electron chi connectivity index (χ3n) is 3.24. The fraction of sp³-hybridized carbons (Fsp3) is 0.500. The molecule has 1 aromatic rings. The Morgan fingerprint density at radius 3 is 2.58 bits per heavy atom. The molecule has 0 saturated heterocycles. The van der Waals surface area contributed by atoms with Crippen molar-refractivity contribution in [3.8, 4) is 0 Å². The molecule has 4 nitrogen and oxygen atoms in total. The number of nitrogens with one attached hydrogen (secondary N) is 1. The maximum Gasteiger partial charge on any atom is 0.238 e. The van der Waals surface area contributed by atoms with Crippen LogP contribution in [0.4, 0.5) is 11.4 Å². The molecule has 3 N–H and O–H groups in total. The molecule has 0 saturated carbocycles. The smallest absolute Gasteiger partial charge is 0.238 e. The zero-order valence-corrected chi connectivity index (χ0v) is 12.5. The van der Waals surface area contributed by atoms with Crippen molar-refractivity contribution in [3.05, 3.63) is 23.2 Å². The first kappa shape index (κ1) is 15.8. The minimum absolute atomic E-state index is 0.0453. The monoisotopic (exact) mass is 283 g/mol. The summed E-state index contributed by atoms with van der Waals surface area (Å²) in [5.41, 5.74) is 6.83. The van der Waals surface area contributed by atoms with E-state index in [9.17, 15) is 4.79 Å². The number of halogens is 1. The molecule has 106 valence electrons. The maximum atomic E-state index is 11.9. The first-order chi connectivity index (χ1) is 8.97. The molecule has 1 amide bonds. The maximum absolute atomic E-state index is 11.9. The molecule has 0 spiro atoms. The van der Waals surface area contributed by atoms with Crippen molar-refractivity contribution in [3.63, 3.8) is 0 Å². The molecule has 0 aliphatic carbocycles. The molecule has 1 aromatic carbocycles. The molecule has 5 heteroatoms. The second kappa shape index (κ2) is 7.36. The lowest BCUT2D eigenvalue weighted by Crippen LogP contribution is -2.37. The van der Waals surface area contributed by atoms with E-state index >= 15 is 0 Å². The van der Waals surface area contributed by atoms with Gasteiger partial charge in [-0.1, -0.05) is 25.4 Å². The lowest BCUT2D eigenvalue weighted by Gasteiger charge is -2.25. The minimum Gasteiger partial charge on any atom is -0.397 e. The summed E-state index contributed by atoms with van der Waals surface area (Å²) in [7, 11) is 1.97. The highest BCUT2D eigenvalue weighted by Gasteiger charge is 2.14. The van der Waals surface area contributed by atoms with Crippen molar-refractivity contribution in [1.29, 1.82) is 0 Å². The Balaban J connectivity index is 2.57. The van der Waals surface area contributed by atoms with E-state index in [4.69, 9.17) is 17.3 Å². The van der Waals surface area contributed by atoms with E-state index in [0.717, 1.165) is 12.8 Å². The van der Waals surface area contributed by atoms with Crippen molar-refractivity contribution in [1.82, 2.24) is 4.90 Å². The third kappa shape index (κ3) is 4.73. The van der Waals surface area contributed by atoms with Gasteiger partial charge in [0.2, 0.25) is 5.91 Å². The van der Waals surface area contributed by atoms with Gasteiger partial charge in [-0.25, -0.2) is 0 Å². The molecule has 1 rings (SSSR count). The average Bonchev–Trinajstić information content (AvgIpc) is 2.35. The molecular weight excluding hydrogens is 262 g/mol. The van der Waals surface area contributed by atoms with Crippen LogP contribution in [0.15, 0.2) is 18.2 Å². The van der Waals surface area contributed by atoms with Crippen LogP contribution in [0.25, 0.3) is 0 Å². The van der Waals surface area contributed by atoms with E-state index in [1.165, 1.54) is 0 Å². The fourth-order valence-corrected chi connectivity index (χ4v) is 2.21. The van der Waals surface area contributed by atoms with Crippen molar-refractivity contribution in [2.45, 2.75) is 32.7 Å². The summed E-state index contributed by atoms with van der Waals surface area (Å²) in [6.45, 7) is 4.62. The summed E-state index contributed by atoms with van der Waals surface area (Å²) in [4.78, 5) is 14.0. The van der Waals surface area contributed by atoms with Crippen LogP contribution in [-0.4, -0.2) is 30.4 Å². The summed E-state index contributed by atoms with van der Waals surface area (Å²) in [6.07, 6.45) is 2.07. The Kier molecular flexibility index (Phi) is 6.12. The predicted octanol–water partition coefficient (Wildman–Crippen LogP) is 2.98. The number of carbonyl (C=O) groups is 1. The topological polar surface area (TPSA) is 58.4 Å². The van der Waals surface area contributed by atoms with Gasteiger partial charge in [0.05, 0.1) is 17.3 Å². The van der Waals surface area contributed by atoms with Gasteiger partial charge in [-0.2, -0.15) is 0 Å². The summed E-state index contributed by atoms with van der Waals surface area (Å²) in [5, 5.41) is 3.32. The van der Waals surface area contributed by atoms with Crippen LogP contribution in [0, 0.1) is 0 Å². The highest BCUT2D eigenvalue weighted by atomic mass is 35.5. The Morgan fingerprint density at radius 2 is 2.05 bits per heavy atom. The number of rotatable bonds is 6. The minimum atomic E-state index is -0.0453. The van der Waals surface area contributed by atoms with Crippen LogP contribution < -0.4 is 11.1 Å². The highest BCUT2D eigenvalue weighted by Crippen LogP contribution is 2.22. The number of amides is 1. The molecule has 0 atom stereocenters. The van der Waals surface area contributed by atoms with Gasteiger partial charge in [-0.3, -0.25) is 9.69 Å². The van der Waals surface area contributed by atoms with Crippen molar-refractivity contribution < 1.29 is 4.79 Å². The molecule has 0 aliphatic rings. The van der Waals surface area contributed by atoms with Crippen molar-refractivity contribution in [2.75, 3.05) is 24.6 Å². The summed E-state index contributed by atoms with van der Waals surface area (Å²) < 4.78 is 0. The molecule has 0 bridgehead atoms. The standard InChI is InChI=1S/C14H22ClN3O/c1-4-11(5-2)18(3)9-14(19)17-10-6-7-12(15)13(16)8-10/h6-8,11H,4-5,9,16H2,1-3H3,(H,17,19). The van der Waals surface area contributed by atoms with Gasteiger partial charge in [-0.05, 0) is 38.1 Å². The first-order valence-electron chi connectivity index (χ1n) is 6.53. The Labute approximate surface area is 119 Å². The van der Waals surface area contributed by atoms with Crippen LogP contribution in [0.2, 0.25) is 5.02 Å². The summed E-state index contributed by atoms with van der Waals surface area (Å²) in [6, 6.07) is 5.52. The van der Waals surface area contributed by atoms with Crippen LogP contribution >= 0.6 is 11.6 Å². The Morgan fingerprint density at radius 1 is 1.42 bits per heavy atom. The largest absolute Gasteiger partial charge is 0.397 e. The van der Waals surface area contributed by atoms with Gasteiger partial charge in [0.1, 0.15) is 0 Å². The van der Waals surface area contributed by atoms with Gasteiger partial charge in [0.15, 0.2) is 0 Å². The molecule has 0 unspecified atom stereocenters. The molecular formula is C14H22ClN3O. The van der Waals surface area contributed by atoms with Crippen LogP contribution in [0.3, 0.4) is 0 Å². The third-order valence-corrected chi connectivity index (χ3v) is 3.58. The van der Waals surface area contributed by atoms with Gasteiger partial charge >= 0.3 is 0 Å². The lowest BCUT2D eigenvalue weighted by atomic mass is 10.1. The number of hydrogen-bond acceptors (Lipinski definition) is 3. The molecule has 0 fully saturated rings. The van der Waals surface area contributed by atoms with E-state index in [2.05, 4.69) is 24.1 Å². The Hall–Kier alpha value is -1.26. The molecule has 0 aromatic heterocycles. The summed E-state index contributed by atoms with van der Waals surface area (Å²) >= 11 is 5.83. The van der Waals surface area contributed by atoms with E-state index in [0.29, 0.717) is 29.0 Å². The van der Waals surface area contributed by atoms with E-state index in [-0.39, 0.29) is 5.91 Å². The number of hydrogen-bond donors (Lipinski definition) is 2. The van der Waals surface area contributed by atoms with Crippen LogP contribution in [0.1, 0.15) is 26.7 Å². The van der Waals surface area contributed by atoms with E-state index < -0.39 is 0 Å². The quantitative estimate of drug-likeness (QED) is 0.789. The second-order valence-electron chi connectivity index (χ2n) is 4.67. The highest BCUT2D eigenvalue weighted by molar-refractivity contribution is 6.33.